The zero-order valence-electron chi connectivity index (χ0n) is 12.9. The SMILES string of the molecule is Cc1noc(C)c1[C@H]1CCCN1C(=O)Nc1ccc(F)cc1F. The zero-order chi connectivity index (χ0) is 16.6. The number of aryl methyl sites for hydroxylation is 2. The number of carbonyl (C=O) groups excluding carboxylic acids is 1. The van der Waals surface area contributed by atoms with Gasteiger partial charge in [0.15, 0.2) is 0 Å². The maximum atomic E-state index is 13.7. The Morgan fingerprint density at radius 1 is 1.39 bits per heavy atom. The van der Waals surface area contributed by atoms with Gasteiger partial charge in [0.25, 0.3) is 0 Å². The van der Waals surface area contributed by atoms with Gasteiger partial charge in [-0.15, -0.1) is 0 Å². The zero-order valence-corrected chi connectivity index (χ0v) is 12.9. The Morgan fingerprint density at radius 2 is 2.17 bits per heavy atom. The molecule has 0 saturated carbocycles. The third kappa shape index (κ3) is 2.91. The Morgan fingerprint density at radius 3 is 2.83 bits per heavy atom. The Bertz CT molecular complexity index is 725. The molecule has 23 heavy (non-hydrogen) atoms. The van der Waals surface area contributed by atoms with Crippen molar-refractivity contribution in [3.8, 4) is 0 Å². The number of halogens is 2. The first-order valence-corrected chi connectivity index (χ1v) is 7.43. The monoisotopic (exact) mass is 321 g/mol. The molecule has 1 aliphatic heterocycles. The molecule has 1 saturated heterocycles. The molecule has 0 radical (unpaired) electrons. The van der Waals surface area contributed by atoms with E-state index in [0.29, 0.717) is 12.3 Å². The van der Waals surface area contributed by atoms with Crippen molar-refractivity contribution in [1.82, 2.24) is 10.1 Å². The van der Waals surface area contributed by atoms with E-state index in [9.17, 15) is 13.6 Å². The lowest BCUT2D eigenvalue weighted by Crippen LogP contribution is -2.35. The highest BCUT2D eigenvalue weighted by atomic mass is 19.1. The molecule has 2 heterocycles. The lowest BCUT2D eigenvalue weighted by molar-refractivity contribution is 0.206. The molecule has 1 N–H and O–H groups in total. The molecule has 122 valence electrons. The first kappa shape index (κ1) is 15.5. The summed E-state index contributed by atoms with van der Waals surface area (Å²) >= 11 is 0. The minimum Gasteiger partial charge on any atom is -0.361 e. The number of likely N-dealkylation sites (tertiary alicyclic amines) is 1. The molecule has 0 spiro atoms. The molecule has 2 aromatic rings. The first-order valence-electron chi connectivity index (χ1n) is 7.43. The molecule has 1 atom stereocenters. The van der Waals surface area contributed by atoms with Crippen LogP contribution < -0.4 is 5.32 Å². The standard InChI is InChI=1S/C16H17F2N3O2/c1-9-15(10(2)23-20-9)14-4-3-7-21(14)16(22)19-13-6-5-11(17)8-12(13)18/h5-6,8,14H,3-4,7H2,1-2H3,(H,19,22)/t14-/m1/s1. The minimum atomic E-state index is -0.800. The van der Waals surface area contributed by atoms with Crippen LogP contribution in [0.15, 0.2) is 22.7 Å². The van der Waals surface area contributed by atoms with Crippen LogP contribution in [0.2, 0.25) is 0 Å². The molecule has 3 rings (SSSR count). The summed E-state index contributed by atoms with van der Waals surface area (Å²) in [4.78, 5) is 14.1. The van der Waals surface area contributed by atoms with Crippen LogP contribution in [-0.4, -0.2) is 22.6 Å². The van der Waals surface area contributed by atoms with Crippen LogP contribution >= 0.6 is 0 Å². The smallest absolute Gasteiger partial charge is 0.322 e. The van der Waals surface area contributed by atoms with Gasteiger partial charge in [-0.1, -0.05) is 5.16 Å². The van der Waals surface area contributed by atoms with Crippen LogP contribution in [-0.2, 0) is 0 Å². The van der Waals surface area contributed by atoms with Gasteiger partial charge in [-0.3, -0.25) is 0 Å². The van der Waals surface area contributed by atoms with Gasteiger partial charge in [0.2, 0.25) is 0 Å². The summed E-state index contributed by atoms with van der Waals surface area (Å²) in [7, 11) is 0. The summed E-state index contributed by atoms with van der Waals surface area (Å²) in [6, 6.07) is 2.49. The van der Waals surface area contributed by atoms with Gasteiger partial charge < -0.3 is 14.7 Å². The molecule has 1 aliphatic rings. The molecular formula is C16H17F2N3O2. The molecule has 0 unspecified atom stereocenters. The molecular weight excluding hydrogens is 304 g/mol. The highest BCUT2D eigenvalue weighted by molar-refractivity contribution is 5.90. The summed E-state index contributed by atoms with van der Waals surface area (Å²) in [6.07, 6.45) is 1.64. The second-order valence-corrected chi connectivity index (χ2v) is 5.64. The predicted molar refractivity (Wildman–Crippen MR) is 80.0 cm³/mol. The molecule has 5 nitrogen and oxygen atoms in total. The maximum Gasteiger partial charge on any atom is 0.322 e. The average Bonchev–Trinajstić information content (AvgIpc) is 3.08. The van der Waals surface area contributed by atoms with Crippen molar-refractivity contribution in [3.63, 3.8) is 0 Å². The Labute approximate surface area is 132 Å². The molecule has 2 amide bonds. The van der Waals surface area contributed by atoms with Gasteiger partial charge in [-0.05, 0) is 38.8 Å². The predicted octanol–water partition coefficient (Wildman–Crippen LogP) is 3.94. The number of hydrogen-bond acceptors (Lipinski definition) is 3. The van der Waals surface area contributed by atoms with E-state index in [1.54, 1.807) is 4.90 Å². The number of aromatic nitrogens is 1. The topological polar surface area (TPSA) is 58.4 Å². The van der Waals surface area contributed by atoms with E-state index in [-0.39, 0.29) is 11.7 Å². The number of carbonyl (C=O) groups is 1. The highest BCUT2D eigenvalue weighted by Gasteiger charge is 2.34. The van der Waals surface area contributed by atoms with Crippen LogP contribution in [0.4, 0.5) is 19.3 Å². The Kier molecular flexibility index (Phi) is 4.02. The number of hydrogen-bond donors (Lipinski definition) is 1. The van der Waals surface area contributed by atoms with Crippen molar-refractivity contribution in [2.75, 3.05) is 11.9 Å². The van der Waals surface area contributed by atoms with Gasteiger partial charge in [0.05, 0.1) is 17.4 Å². The number of amides is 2. The van der Waals surface area contributed by atoms with E-state index in [0.717, 1.165) is 36.2 Å². The van der Waals surface area contributed by atoms with E-state index < -0.39 is 17.7 Å². The Hall–Kier alpha value is -2.44. The van der Waals surface area contributed by atoms with Gasteiger partial charge in [-0.2, -0.15) is 0 Å². The normalized spacial score (nSPS) is 17.6. The van der Waals surface area contributed by atoms with Crippen LogP contribution in [0.1, 0.15) is 35.9 Å². The van der Waals surface area contributed by atoms with Crippen LogP contribution in [0.25, 0.3) is 0 Å². The summed E-state index contributed by atoms with van der Waals surface area (Å²) in [6.45, 7) is 4.20. The average molecular weight is 321 g/mol. The Balaban J connectivity index is 1.81. The maximum absolute atomic E-state index is 13.7. The van der Waals surface area contributed by atoms with Gasteiger partial charge in [0, 0.05) is 18.2 Å². The summed E-state index contributed by atoms with van der Waals surface area (Å²) in [5, 5.41) is 6.43. The second kappa shape index (κ2) is 5.98. The number of nitrogens with one attached hydrogen (secondary N) is 1. The van der Waals surface area contributed by atoms with Crippen LogP contribution in [0, 0.1) is 25.5 Å². The molecule has 1 aromatic heterocycles. The van der Waals surface area contributed by atoms with Crippen molar-refractivity contribution in [3.05, 3.63) is 46.9 Å². The molecule has 0 aliphatic carbocycles. The molecule has 0 bridgehead atoms. The summed E-state index contributed by atoms with van der Waals surface area (Å²) in [5.74, 6) is -0.804. The van der Waals surface area contributed by atoms with Crippen LogP contribution in [0.5, 0.6) is 0 Å². The van der Waals surface area contributed by atoms with Crippen LogP contribution in [0.3, 0.4) is 0 Å². The number of anilines is 1. The number of benzene rings is 1. The first-order chi connectivity index (χ1) is 11.0. The third-order valence-corrected chi connectivity index (χ3v) is 4.11. The fourth-order valence-electron chi connectivity index (χ4n) is 3.05. The lowest BCUT2D eigenvalue weighted by atomic mass is 10.0. The van der Waals surface area contributed by atoms with E-state index in [2.05, 4.69) is 10.5 Å². The van der Waals surface area contributed by atoms with Gasteiger partial charge in [-0.25, -0.2) is 13.6 Å². The van der Waals surface area contributed by atoms with Crippen molar-refractivity contribution in [2.24, 2.45) is 0 Å². The van der Waals surface area contributed by atoms with Gasteiger partial charge >= 0.3 is 6.03 Å². The van der Waals surface area contributed by atoms with E-state index in [1.165, 1.54) is 6.07 Å². The van der Waals surface area contributed by atoms with Crippen molar-refractivity contribution in [1.29, 1.82) is 0 Å². The van der Waals surface area contributed by atoms with E-state index in [4.69, 9.17) is 4.52 Å². The minimum absolute atomic E-state index is 0.0409. The van der Waals surface area contributed by atoms with E-state index >= 15 is 0 Å². The van der Waals surface area contributed by atoms with Crippen molar-refractivity contribution in [2.45, 2.75) is 32.7 Å². The van der Waals surface area contributed by atoms with Crippen molar-refractivity contribution < 1.29 is 18.1 Å². The summed E-state index contributed by atoms with van der Waals surface area (Å²) in [5.41, 5.74) is 1.61. The molecule has 1 aromatic carbocycles. The van der Waals surface area contributed by atoms with Gasteiger partial charge in [0.1, 0.15) is 17.4 Å². The third-order valence-electron chi connectivity index (χ3n) is 4.11. The fraction of sp³-hybridized carbons (Fsp3) is 0.375. The fourth-order valence-corrected chi connectivity index (χ4v) is 3.05. The quantitative estimate of drug-likeness (QED) is 0.911. The highest BCUT2D eigenvalue weighted by Crippen LogP contribution is 2.36. The van der Waals surface area contributed by atoms with E-state index in [1.807, 2.05) is 13.8 Å². The summed E-state index contributed by atoms with van der Waals surface area (Å²) < 4.78 is 31.8. The largest absolute Gasteiger partial charge is 0.361 e. The number of nitrogens with zero attached hydrogens (tertiary/aromatic N) is 2. The number of rotatable bonds is 2. The lowest BCUT2D eigenvalue weighted by Gasteiger charge is -2.25. The second-order valence-electron chi connectivity index (χ2n) is 5.64. The van der Waals surface area contributed by atoms with Crippen molar-refractivity contribution >= 4 is 11.7 Å². The molecule has 7 heteroatoms. The molecule has 1 fully saturated rings. The number of urea groups is 1.